The molecular weight excluding hydrogens is 268 g/mol. The van der Waals surface area contributed by atoms with E-state index in [0.29, 0.717) is 12.4 Å². The summed E-state index contributed by atoms with van der Waals surface area (Å²) in [6, 6.07) is 10.5. The van der Waals surface area contributed by atoms with Gasteiger partial charge in [-0.2, -0.15) is 0 Å². The monoisotopic (exact) mass is 282 g/mol. The van der Waals surface area contributed by atoms with Crippen LogP contribution in [-0.4, -0.2) is 20.5 Å². The van der Waals surface area contributed by atoms with Gasteiger partial charge in [0.2, 0.25) is 0 Å². The molecule has 0 atom stereocenters. The Hall–Kier alpha value is -2.82. The summed E-state index contributed by atoms with van der Waals surface area (Å²) in [5.74, 6) is -0.269. The van der Waals surface area contributed by atoms with Gasteiger partial charge in [0.1, 0.15) is 6.61 Å². The Morgan fingerprint density at radius 2 is 2.19 bits per heavy atom. The van der Waals surface area contributed by atoms with Crippen molar-refractivity contribution in [3.63, 3.8) is 0 Å². The fourth-order valence-corrected chi connectivity index (χ4v) is 2.18. The number of pyridine rings is 1. The van der Waals surface area contributed by atoms with E-state index in [2.05, 4.69) is 4.98 Å². The second-order valence-electron chi connectivity index (χ2n) is 4.78. The molecule has 2 aromatic heterocycles. The van der Waals surface area contributed by atoms with Crippen LogP contribution in [0.25, 0.3) is 5.65 Å². The van der Waals surface area contributed by atoms with Gasteiger partial charge in [-0.05, 0) is 36.8 Å². The van der Waals surface area contributed by atoms with E-state index in [9.17, 15) is 4.79 Å². The maximum Gasteiger partial charge on any atom is 0.335 e. The zero-order chi connectivity index (χ0) is 14.8. The van der Waals surface area contributed by atoms with Gasteiger partial charge in [0.15, 0.2) is 11.4 Å². The molecule has 0 aliphatic carbocycles. The molecule has 0 spiro atoms. The van der Waals surface area contributed by atoms with Gasteiger partial charge in [0.25, 0.3) is 0 Å². The van der Waals surface area contributed by atoms with Crippen molar-refractivity contribution in [1.29, 1.82) is 0 Å². The molecule has 1 aromatic carbocycles. The van der Waals surface area contributed by atoms with Gasteiger partial charge in [-0.1, -0.05) is 12.1 Å². The first-order chi connectivity index (χ1) is 10.1. The van der Waals surface area contributed by atoms with E-state index < -0.39 is 5.97 Å². The minimum absolute atomic E-state index is 0.256. The highest BCUT2D eigenvalue weighted by atomic mass is 16.5. The van der Waals surface area contributed by atoms with Crippen molar-refractivity contribution in [2.24, 2.45) is 0 Å². The van der Waals surface area contributed by atoms with Crippen LogP contribution in [-0.2, 0) is 6.61 Å². The molecule has 21 heavy (non-hydrogen) atoms. The molecule has 2 heterocycles. The summed E-state index contributed by atoms with van der Waals surface area (Å²) in [6.07, 6.45) is 3.83. The third-order valence-electron chi connectivity index (χ3n) is 3.14. The molecule has 0 radical (unpaired) electrons. The summed E-state index contributed by atoms with van der Waals surface area (Å²) in [5, 5.41) is 8.98. The normalized spacial score (nSPS) is 10.7. The van der Waals surface area contributed by atoms with Crippen LogP contribution in [0.5, 0.6) is 5.75 Å². The van der Waals surface area contributed by atoms with Gasteiger partial charge < -0.3 is 14.2 Å². The molecule has 3 aromatic rings. The SMILES string of the molecule is Cc1cn2cccc(OCc3cccc(C(=O)O)c3)c2n1. The fourth-order valence-electron chi connectivity index (χ4n) is 2.18. The molecular formula is C16H14N2O3. The third kappa shape index (κ3) is 2.72. The lowest BCUT2D eigenvalue weighted by Gasteiger charge is -2.08. The zero-order valence-corrected chi connectivity index (χ0v) is 11.5. The lowest BCUT2D eigenvalue weighted by atomic mass is 10.1. The van der Waals surface area contributed by atoms with Gasteiger partial charge in [0, 0.05) is 12.4 Å². The van der Waals surface area contributed by atoms with Gasteiger partial charge in [-0.3, -0.25) is 0 Å². The standard InChI is InChI=1S/C16H14N2O3/c1-11-9-18-7-3-6-14(15(18)17-11)21-10-12-4-2-5-13(8-12)16(19)20/h2-9H,10H2,1H3,(H,19,20). The smallest absolute Gasteiger partial charge is 0.335 e. The predicted molar refractivity (Wildman–Crippen MR) is 77.7 cm³/mol. The van der Waals surface area contributed by atoms with E-state index in [1.165, 1.54) is 0 Å². The molecule has 5 nitrogen and oxygen atoms in total. The van der Waals surface area contributed by atoms with E-state index in [0.717, 1.165) is 16.9 Å². The summed E-state index contributed by atoms with van der Waals surface area (Å²) < 4.78 is 7.68. The minimum atomic E-state index is -0.942. The summed E-state index contributed by atoms with van der Waals surface area (Å²) >= 11 is 0. The number of carbonyl (C=O) groups is 1. The number of aromatic carboxylic acids is 1. The number of fused-ring (bicyclic) bond motifs is 1. The minimum Gasteiger partial charge on any atom is -0.485 e. The number of hydrogen-bond donors (Lipinski definition) is 1. The topological polar surface area (TPSA) is 63.8 Å². The average Bonchev–Trinajstić information content (AvgIpc) is 2.86. The Bertz CT molecular complexity index is 808. The molecule has 106 valence electrons. The van der Waals surface area contributed by atoms with Crippen LogP contribution in [0.3, 0.4) is 0 Å². The third-order valence-corrected chi connectivity index (χ3v) is 3.14. The average molecular weight is 282 g/mol. The highest BCUT2D eigenvalue weighted by molar-refractivity contribution is 5.87. The number of carboxylic acid groups (broad SMARTS) is 1. The molecule has 0 aliphatic heterocycles. The van der Waals surface area contributed by atoms with Crippen LogP contribution in [0.2, 0.25) is 0 Å². The van der Waals surface area contributed by atoms with Gasteiger partial charge in [-0.15, -0.1) is 0 Å². The molecule has 0 bridgehead atoms. The Kier molecular flexibility index (Phi) is 3.31. The van der Waals surface area contributed by atoms with E-state index in [4.69, 9.17) is 9.84 Å². The van der Waals surface area contributed by atoms with E-state index in [1.54, 1.807) is 18.2 Å². The van der Waals surface area contributed by atoms with Gasteiger partial charge in [0.05, 0.1) is 11.3 Å². The van der Waals surface area contributed by atoms with Crippen molar-refractivity contribution < 1.29 is 14.6 Å². The predicted octanol–water partition coefficient (Wildman–Crippen LogP) is 2.92. The number of aryl methyl sites for hydroxylation is 1. The number of benzene rings is 1. The maximum absolute atomic E-state index is 11.0. The quantitative estimate of drug-likeness (QED) is 0.799. The number of hydrogen-bond acceptors (Lipinski definition) is 3. The van der Waals surface area contributed by atoms with Crippen molar-refractivity contribution in [3.05, 3.63) is 65.6 Å². The summed E-state index contributed by atoms with van der Waals surface area (Å²) in [6.45, 7) is 2.22. The molecule has 3 rings (SSSR count). The lowest BCUT2D eigenvalue weighted by molar-refractivity contribution is 0.0696. The van der Waals surface area contributed by atoms with Crippen LogP contribution in [0, 0.1) is 6.92 Å². The highest BCUT2D eigenvalue weighted by Crippen LogP contribution is 2.20. The molecule has 0 aliphatic rings. The van der Waals surface area contributed by atoms with Crippen molar-refractivity contribution in [1.82, 2.24) is 9.38 Å². The Morgan fingerprint density at radius 1 is 1.33 bits per heavy atom. The Labute approximate surface area is 121 Å². The Balaban J connectivity index is 1.83. The number of aromatic nitrogens is 2. The van der Waals surface area contributed by atoms with Gasteiger partial charge in [-0.25, -0.2) is 9.78 Å². The molecule has 1 N–H and O–H groups in total. The van der Waals surface area contributed by atoms with Crippen LogP contribution < -0.4 is 4.74 Å². The van der Waals surface area contributed by atoms with E-state index in [-0.39, 0.29) is 5.56 Å². The first kappa shape index (κ1) is 13.2. The number of rotatable bonds is 4. The van der Waals surface area contributed by atoms with Crippen molar-refractivity contribution in [3.8, 4) is 5.75 Å². The summed E-state index contributed by atoms with van der Waals surface area (Å²) in [7, 11) is 0. The maximum atomic E-state index is 11.0. The van der Waals surface area contributed by atoms with Crippen LogP contribution in [0.4, 0.5) is 0 Å². The second-order valence-corrected chi connectivity index (χ2v) is 4.78. The van der Waals surface area contributed by atoms with Crippen LogP contribution in [0.15, 0.2) is 48.8 Å². The fraction of sp³-hybridized carbons (Fsp3) is 0.125. The first-order valence-electron chi connectivity index (χ1n) is 6.53. The highest BCUT2D eigenvalue weighted by Gasteiger charge is 2.07. The van der Waals surface area contributed by atoms with E-state index >= 15 is 0 Å². The summed E-state index contributed by atoms with van der Waals surface area (Å²) in [5.41, 5.74) is 2.73. The molecule has 0 fully saturated rings. The molecule has 0 saturated carbocycles. The number of nitrogens with zero attached hydrogens (tertiary/aromatic N) is 2. The summed E-state index contributed by atoms with van der Waals surface area (Å²) in [4.78, 5) is 15.4. The first-order valence-corrected chi connectivity index (χ1v) is 6.53. The zero-order valence-electron chi connectivity index (χ0n) is 11.5. The number of carboxylic acids is 1. The van der Waals surface area contributed by atoms with Gasteiger partial charge >= 0.3 is 5.97 Å². The number of imidazole rings is 1. The molecule has 5 heteroatoms. The molecule has 0 saturated heterocycles. The van der Waals surface area contributed by atoms with E-state index in [1.807, 2.05) is 41.9 Å². The van der Waals surface area contributed by atoms with Crippen molar-refractivity contribution in [2.75, 3.05) is 0 Å². The lowest BCUT2D eigenvalue weighted by Crippen LogP contribution is -2.01. The van der Waals surface area contributed by atoms with Crippen LogP contribution in [0.1, 0.15) is 21.6 Å². The van der Waals surface area contributed by atoms with Crippen LogP contribution >= 0.6 is 0 Å². The second kappa shape index (κ2) is 5.28. The largest absolute Gasteiger partial charge is 0.485 e. The Morgan fingerprint density at radius 3 is 3.00 bits per heavy atom. The number of ether oxygens (including phenoxy) is 1. The molecule has 0 unspecified atom stereocenters. The van der Waals surface area contributed by atoms with Crippen molar-refractivity contribution in [2.45, 2.75) is 13.5 Å². The molecule has 0 amide bonds. The van der Waals surface area contributed by atoms with Crippen molar-refractivity contribution >= 4 is 11.6 Å².